The van der Waals surface area contributed by atoms with Crippen molar-refractivity contribution in [3.63, 3.8) is 0 Å². The number of anilines is 2. The van der Waals surface area contributed by atoms with E-state index in [0.29, 0.717) is 28.9 Å². The number of aromatic hydroxyl groups is 1. The number of H-pyrrole nitrogens is 1. The maximum absolute atomic E-state index is 13.1. The summed E-state index contributed by atoms with van der Waals surface area (Å²) in [5.41, 5.74) is 4.27. The van der Waals surface area contributed by atoms with E-state index in [1.54, 1.807) is 36.2 Å². The third-order valence-electron chi connectivity index (χ3n) is 6.46. The second-order valence-electron chi connectivity index (χ2n) is 9.03. The Morgan fingerprint density at radius 1 is 1.10 bits per heavy atom. The lowest BCUT2D eigenvalue weighted by atomic mass is 9.99. The molecule has 0 aliphatic heterocycles. The first-order chi connectivity index (χ1) is 18.9. The lowest BCUT2D eigenvalue weighted by Gasteiger charge is -2.24. The van der Waals surface area contributed by atoms with Crippen LogP contribution in [0.1, 0.15) is 41.4 Å². The number of benzene rings is 3. The van der Waals surface area contributed by atoms with Crippen LogP contribution in [0.4, 0.5) is 11.4 Å². The topological polar surface area (TPSA) is 109 Å². The predicted octanol–water partition coefficient (Wildman–Crippen LogP) is 6.24. The number of hydrogen-bond donors (Lipinski definition) is 3. The Hall–Kier alpha value is -4.48. The fourth-order valence-corrected chi connectivity index (χ4v) is 5.25. The highest BCUT2D eigenvalue weighted by molar-refractivity contribution is 7.99. The zero-order valence-electron chi connectivity index (χ0n) is 22.1. The minimum absolute atomic E-state index is 0.103. The summed E-state index contributed by atoms with van der Waals surface area (Å²) in [7, 11) is 3.41. The van der Waals surface area contributed by atoms with E-state index in [-0.39, 0.29) is 22.1 Å². The molecule has 0 spiro atoms. The molecule has 0 aliphatic rings. The van der Waals surface area contributed by atoms with E-state index in [1.807, 2.05) is 55.6 Å². The number of rotatable bonds is 9. The summed E-state index contributed by atoms with van der Waals surface area (Å²) in [6.07, 6.45) is 2.38. The van der Waals surface area contributed by atoms with Crippen LogP contribution in [0.3, 0.4) is 0 Å². The van der Waals surface area contributed by atoms with Crippen molar-refractivity contribution in [1.82, 2.24) is 10.3 Å². The number of carbonyl (C=O) groups is 1. The number of aromatic amines is 1. The van der Waals surface area contributed by atoms with E-state index >= 15 is 0 Å². The molecule has 4 aromatic rings. The molecular formula is C31H30N4O3S. The van der Waals surface area contributed by atoms with E-state index in [1.165, 1.54) is 11.8 Å². The van der Waals surface area contributed by atoms with Gasteiger partial charge in [0.2, 0.25) is 0 Å². The predicted molar refractivity (Wildman–Crippen MR) is 156 cm³/mol. The number of aryl methyl sites for hydroxylation is 1. The fourth-order valence-electron chi connectivity index (χ4n) is 4.40. The van der Waals surface area contributed by atoms with Gasteiger partial charge >= 0.3 is 0 Å². The molecule has 3 N–H and O–H groups in total. The third kappa shape index (κ3) is 6.00. The molecule has 1 aromatic heterocycles. The number of carbonyl (C=O) groups excluding carboxylic acids is 1. The van der Waals surface area contributed by atoms with E-state index in [4.69, 9.17) is 0 Å². The molecule has 0 saturated heterocycles. The molecule has 0 saturated carbocycles. The number of unbranched alkanes of at least 4 members (excludes halogenated alkanes) is 1. The number of nitriles is 1. The van der Waals surface area contributed by atoms with E-state index in [0.717, 1.165) is 34.6 Å². The maximum atomic E-state index is 13.1. The lowest BCUT2D eigenvalue weighted by Crippen LogP contribution is -2.19. The zero-order chi connectivity index (χ0) is 27.9. The van der Waals surface area contributed by atoms with Crippen LogP contribution >= 0.6 is 11.8 Å². The molecule has 0 unspecified atom stereocenters. The van der Waals surface area contributed by atoms with Gasteiger partial charge < -0.3 is 20.3 Å². The second kappa shape index (κ2) is 12.4. The van der Waals surface area contributed by atoms with Crippen LogP contribution < -0.4 is 15.8 Å². The van der Waals surface area contributed by atoms with Crippen LogP contribution in [0, 0.1) is 11.3 Å². The summed E-state index contributed by atoms with van der Waals surface area (Å²) >= 11 is 1.17. The minimum Gasteiger partial charge on any atom is -0.504 e. The standard InChI is InChI=1S/C31H30N4O3S/c1-4-5-13-26-27(35(3)22-10-8-9-20(18-22)19-32)28(36)29(31(38)34-26)39-23-16-14-21(15-17-23)24-11-6-7-12-25(24)30(37)33-2/h6-12,14-18H,4-5,13H2,1-3H3,(H,33,37)(H2,34,36,38). The first-order valence-corrected chi connectivity index (χ1v) is 13.5. The molecule has 1 amide bonds. The molecule has 7 nitrogen and oxygen atoms in total. The number of amides is 1. The molecule has 0 fully saturated rings. The van der Waals surface area contributed by atoms with Gasteiger partial charge in [0.1, 0.15) is 10.6 Å². The average molecular weight is 539 g/mol. The molecule has 4 rings (SSSR count). The molecule has 198 valence electrons. The summed E-state index contributed by atoms with van der Waals surface area (Å²) in [5, 5.41) is 23.4. The molecule has 3 aromatic carbocycles. The molecule has 8 heteroatoms. The molecule has 39 heavy (non-hydrogen) atoms. The van der Waals surface area contributed by atoms with Gasteiger partial charge in [0.25, 0.3) is 11.5 Å². The van der Waals surface area contributed by atoms with Gasteiger partial charge in [-0.05, 0) is 60.4 Å². The Morgan fingerprint density at radius 3 is 2.54 bits per heavy atom. The molecular weight excluding hydrogens is 508 g/mol. The van der Waals surface area contributed by atoms with Crippen molar-refractivity contribution in [2.75, 3.05) is 19.0 Å². The summed E-state index contributed by atoms with van der Waals surface area (Å²) in [5.74, 6) is -0.269. The number of nitrogens with zero attached hydrogens (tertiary/aromatic N) is 2. The number of aromatic nitrogens is 1. The van der Waals surface area contributed by atoms with Crippen LogP contribution in [-0.4, -0.2) is 30.1 Å². The van der Waals surface area contributed by atoms with Gasteiger partial charge in [0.15, 0.2) is 5.75 Å². The molecule has 0 atom stereocenters. The Bertz CT molecular complexity index is 1590. The SMILES string of the molecule is CCCCc1[nH]c(=O)c(Sc2ccc(-c3ccccc3C(=O)NC)cc2)c(O)c1N(C)c1cccc(C#N)c1. The maximum Gasteiger partial charge on any atom is 0.266 e. The third-order valence-corrected chi connectivity index (χ3v) is 7.55. The van der Waals surface area contributed by atoms with Gasteiger partial charge in [0, 0.05) is 35.9 Å². The first kappa shape index (κ1) is 27.6. The summed E-state index contributed by atoms with van der Waals surface area (Å²) in [4.78, 5) is 31.2. The highest BCUT2D eigenvalue weighted by Gasteiger charge is 2.22. The molecule has 1 heterocycles. The number of pyridine rings is 1. The van der Waals surface area contributed by atoms with Gasteiger partial charge in [-0.25, -0.2) is 0 Å². The van der Waals surface area contributed by atoms with Crippen molar-refractivity contribution in [1.29, 1.82) is 5.26 Å². The van der Waals surface area contributed by atoms with Gasteiger partial charge in [-0.15, -0.1) is 0 Å². The Balaban J connectivity index is 1.72. The van der Waals surface area contributed by atoms with Crippen LogP contribution in [-0.2, 0) is 6.42 Å². The second-order valence-corrected chi connectivity index (χ2v) is 10.1. The largest absolute Gasteiger partial charge is 0.504 e. The summed E-state index contributed by atoms with van der Waals surface area (Å²) < 4.78 is 0. The van der Waals surface area contributed by atoms with Crippen LogP contribution in [0.15, 0.2) is 87.4 Å². The lowest BCUT2D eigenvalue weighted by molar-refractivity contribution is 0.0963. The van der Waals surface area contributed by atoms with Crippen molar-refractivity contribution < 1.29 is 9.90 Å². The van der Waals surface area contributed by atoms with E-state index in [2.05, 4.69) is 23.3 Å². The van der Waals surface area contributed by atoms with Crippen molar-refractivity contribution >= 4 is 29.0 Å². The number of hydrogen-bond acceptors (Lipinski definition) is 6. The molecule has 0 radical (unpaired) electrons. The fraction of sp³-hybridized carbons (Fsp3) is 0.194. The average Bonchev–Trinajstić information content (AvgIpc) is 2.97. The van der Waals surface area contributed by atoms with E-state index < -0.39 is 0 Å². The van der Waals surface area contributed by atoms with Gasteiger partial charge in [-0.1, -0.05) is 61.5 Å². The van der Waals surface area contributed by atoms with Crippen molar-refractivity contribution in [2.24, 2.45) is 0 Å². The van der Waals surface area contributed by atoms with Crippen molar-refractivity contribution in [3.8, 4) is 22.9 Å². The number of nitrogens with one attached hydrogen (secondary N) is 2. The highest BCUT2D eigenvalue weighted by Crippen LogP contribution is 2.42. The molecule has 0 bridgehead atoms. The smallest absolute Gasteiger partial charge is 0.266 e. The van der Waals surface area contributed by atoms with E-state index in [9.17, 15) is 20.0 Å². The first-order valence-electron chi connectivity index (χ1n) is 12.7. The van der Waals surface area contributed by atoms with Crippen LogP contribution in [0.2, 0.25) is 0 Å². The summed E-state index contributed by atoms with van der Waals surface area (Å²) in [6.45, 7) is 2.07. The van der Waals surface area contributed by atoms with Crippen LogP contribution in [0.5, 0.6) is 5.75 Å². The molecule has 0 aliphatic carbocycles. The Kier molecular flexibility index (Phi) is 8.74. The quantitative estimate of drug-likeness (QED) is 0.233. The van der Waals surface area contributed by atoms with Gasteiger partial charge in [0.05, 0.1) is 11.6 Å². The van der Waals surface area contributed by atoms with Crippen molar-refractivity contribution in [2.45, 2.75) is 36.0 Å². The normalized spacial score (nSPS) is 10.6. The monoisotopic (exact) mass is 538 g/mol. The van der Waals surface area contributed by atoms with Crippen molar-refractivity contribution in [3.05, 3.63) is 100.0 Å². The van der Waals surface area contributed by atoms with Gasteiger partial charge in [-0.3, -0.25) is 9.59 Å². The minimum atomic E-state index is -0.361. The summed E-state index contributed by atoms with van der Waals surface area (Å²) in [6, 6.07) is 24.2. The Labute approximate surface area is 232 Å². The Morgan fingerprint density at radius 2 is 1.85 bits per heavy atom. The van der Waals surface area contributed by atoms with Crippen LogP contribution in [0.25, 0.3) is 11.1 Å². The van der Waals surface area contributed by atoms with Gasteiger partial charge in [-0.2, -0.15) is 5.26 Å². The zero-order valence-corrected chi connectivity index (χ0v) is 22.9. The highest BCUT2D eigenvalue weighted by atomic mass is 32.2.